The maximum absolute atomic E-state index is 12.1. The molecule has 1 amide bonds. The van der Waals surface area contributed by atoms with E-state index in [-0.39, 0.29) is 17.4 Å². The van der Waals surface area contributed by atoms with Crippen LogP contribution in [0, 0.1) is 0 Å². The fourth-order valence-electron chi connectivity index (χ4n) is 2.51. The normalized spacial score (nSPS) is 24.8. The predicted octanol–water partition coefficient (Wildman–Crippen LogP) is 2.76. The molecule has 0 spiro atoms. The van der Waals surface area contributed by atoms with Crippen molar-refractivity contribution < 1.29 is 19.0 Å². The lowest BCUT2D eigenvalue weighted by atomic mass is 10.2. The summed E-state index contributed by atoms with van der Waals surface area (Å²) in [7, 11) is 0. The van der Waals surface area contributed by atoms with E-state index >= 15 is 0 Å². The van der Waals surface area contributed by atoms with E-state index < -0.39 is 5.79 Å². The Morgan fingerprint density at radius 3 is 2.87 bits per heavy atom. The van der Waals surface area contributed by atoms with Crippen LogP contribution in [0.25, 0.3) is 0 Å². The number of hydrogen-bond donors (Lipinski definition) is 0. The molecule has 0 aliphatic carbocycles. The zero-order valence-electron chi connectivity index (χ0n) is 13.5. The summed E-state index contributed by atoms with van der Waals surface area (Å²) in [6, 6.07) is 0. The van der Waals surface area contributed by atoms with Gasteiger partial charge in [-0.3, -0.25) is 4.79 Å². The van der Waals surface area contributed by atoms with Crippen LogP contribution in [0.4, 0.5) is 4.79 Å². The number of thioether (sulfide) groups is 1. The van der Waals surface area contributed by atoms with Gasteiger partial charge in [-0.15, -0.1) is 0 Å². The van der Waals surface area contributed by atoms with Crippen molar-refractivity contribution in [3.63, 3.8) is 0 Å². The number of likely N-dealkylation sites (tertiary alicyclic amines) is 1. The van der Waals surface area contributed by atoms with Crippen molar-refractivity contribution in [1.29, 1.82) is 0 Å². The fourth-order valence-corrected chi connectivity index (χ4v) is 3.94. The van der Waals surface area contributed by atoms with Crippen LogP contribution in [0.5, 0.6) is 5.19 Å². The lowest BCUT2D eigenvalue weighted by Crippen LogP contribution is -2.32. The first kappa shape index (κ1) is 16.9. The lowest BCUT2D eigenvalue weighted by molar-refractivity contribution is -0.147. The smallest absolute Gasteiger partial charge is 0.294 e. The van der Waals surface area contributed by atoms with Gasteiger partial charge in [-0.05, 0) is 33.6 Å². The van der Waals surface area contributed by atoms with Gasteiger partial charge >= 0.3 is 0 Å². The van der Waals surface area contributed by atoms with Crippen molar-refractivity contribution in [1.82, 2.24) is 14.3 Å². The Morgan fingerprint density at radius 2 is 2.22 bits per heavy atom. The number of rotatable bonds is 4. The molecule has 2 saturated heterocycles. The van der Waals surface area contributed by atoms with Gasteiger partial charge in [0.1, 0.15) is 12.2 Å². The average Bonchev–Trinajstić information content (AvgIpc) is 3.19. The molecular weight excluding hydrogens is 338 g/mol. The molecule has 2 fully saturated rings. The van der Waals surface area contributed by atoms with E-state index in [1.54, 1.807) is 0 Å². The summed E-state index contributed by atoms with van der Waals surface area (Å²) in [6.45, 7) is 7.81. The molecule has 9 heteroatoms. The Kier molecular flexibility index (Phi) is 5.10. The first-order chi connectivity index (χ1) is 10.9. The summed E-state index contributed by atoms with van der Waals surface area (Å²) in [5.74, 6) is -0.577. The van der Waals surface area contributed by atoms with Gasteiger partial charge in [-0.25, -0.2) is 0 Å². The third-order valence-electron chi connectivity index (χ3n) is 3.77. The minimum absolute atomic E-state index is 0.00849. The maximum Gasteiger partial charge on any atom is 0.294 e. The van der Waals surface area contributed by atoms with Crippen molar-refractivity contribution in [3.8, 4) is 5.19 Å². The SMILES string of the molecule is C[C@@H](Oc1nc(SC(=O)N2CCCC2)ns1)[C@H]1COC(C)(C)O1. The Hall–Kier alpha value is -0.900. The minimum Gasteiger partial charge on any atom is -0.463 e. The summed E-state index contributed by atoms with van der Waals surface area (Å²) in [5.41, 5.74) is 0. The van der Waals surface area contributed by atoms with Gasteiger partial charge < -0.3 is 19.1 Å². The van der Waals surface area contributed by atoms with Gasteiger partial charge in [0.15, 0.2) is 5.79 Å². The monoisotopic (exact) mass is 359 g/mol. The number of aromatic nitrogens is 2. The molecular formula is C14H21N3O4S2. The van der Waals surface area contributed by atoms with E-state index in [9.17, 15) is 4.79 Å². The van der Waals surface area contributed by atoms with Crippen LogP contribution < -0.4 is 4.74 Å². The van der Waals surface area contributed by atoms with E-state index in [0.29, 0.717) is 17.0 Å². The first-order valence-electron chi connectivity index (χ1n) is 7.72. The van der Waals surface area contributed by atoms with E-state index in [2.05, 4.69) is 9.36 Å². The molecule has 0 saturated carbocycles. The molecule has 0 unspecified atom stereocenters. The Labute approximate surface area is 143 Å². The molecule has 1 aromatic heterocycles. The molecule has 1 aromatic rings. The van der Waals surface area contributed by atoms with E-state index in [1.807, 2.05) is 25.7 Å². The van der Waals surface area contributed by atoms with Crippen LogP contribution in [0.1, 0.15) is 33.6 Å². The number of ether oxygens (including phenoxy) is 3. The molecule has 3 heterocycles. The molecule has 7 nitrogen and oxygen atoms in total. The second-order valence-corrected chi connectivity index (χ2v) is 7.73. The van der Waals surface area contributed by atoms with Gasteiger partial charge in [-0.1, -0.05) is 0 Å². The Bertz CT molecular complexity index is 560. The summed E-state index contributed by atoms with van der Waals surface area (Å²) in [5, 5.41) is 0.898. The second-order valence-electron chi connectivity index (χ2n) is 6.10. The Balaban J connectivity index is 1.52. The van der Waals surface area contributed by atoms with Crippen molar-refractivity contribution in [2.24, 2.45) is 0 Å². The highest BCUT2D eigenvalue weighted by molar-refractivity contribution is 8.13. The largest absolute Gasteiger partial charge is 0.463 e. The second kappa shape index (κ2) is 6.92. The van der Waals surface area contributed by atoms with E-state index in [1.165, 1.54) is 0 Å². The number of carbonyl (C=O) groups excluding carboxylic acids is 1. The molecule has 2 aliphatic rings. The number of amides is 1. The zero-order chi connectivity index (χ0) is 16.4. The van der Waals surface area contributed by atoms with Crippen molar-refractivity contribution in [2.75, 3.05) is 19.7 Å². The summed E-state index contributed by atoms with van der Waals surface area (Å²) in [6.07, 6.45) is 1.80. The third-order valence-corrected chi connectivity index (χ3v) is 5.29. The van der Waals surface area contributed by atoms with Crippen LogP contribution in [0.2, 0.25) is 0 Å². The van der Waals surface area contributed by atoms with Crippen LogP contribution in [0.3, 0.4) is 0 Å². The molecule has 0 bridgehead atoms. The van der Waals surface area contributed by atoms with Crippen LogP contribution in [-0.4, -0.2) is 57.2 Å². The molecule has 0 N–H and O–H groups in total. The summed E-state index contributed by atoms with van der Waals surface area (Å²) >= 11 is 2.21. The van der Waals surface area contributed by atoms with Crippen molar-refractivity contribution in [3.05, 3.63) is 0 Å². The molecule has 128 valence electrons. The molecule has 3 rings (SSSR count). The molecule has 0 aromatic carbocycles. The first-order valence-corrected chi connectivity index (χ1v) is 9.31. The standard InChI is InChI=1S/C14H21N3O4S2/c1-9(10-8-19-14(2,3)21-10)20-12-15-11(16-23-12)22-13(18)17-6-4-5-7-17/h9-10H,4-8H2,1-3H3/t9-,10-/m1/s1. The molecule has 2 aliphatic heterocycles. The fraction of sp³-hybridized carbons (Fsp3) is 0.786. The van der Waals surface area contributed by atoms with Crippen LogP contribution >= 0.6 is 23.3 Å². The Morgan fingerprint density at radius 1 is 1.48 bits per heavy atom. The summed E-state index contributed by atoms with van der Waals surface area (Å²) in [4.78, 5) is 18.2. The lowest BCUT2D eigenvalue weighted by Gasteiger charge is -2.20. The maximum atomic E-state index is 12.1. The number of carbonyl (C=O) groups is 1. The van der Waals surface area contributed by atoms with Gasteiger partial charge in [0, 0.05) is 36.4 Å². The van der Waals surface area contributed by atoms with E-state index in [4.69, 9.17) is 14.2 Å². The number of hydrogen-bond acceptors (Lipinski definition) is 8. The highest BCUT2D eigenvalue weighted by Gasteiger charge is 2.37. The van der Waals surface area contributed by atoms with Crippen molar-refractivity contribution >= 4 is 28.5 Å². The molecule has 23 heavy (non-hydrogen) atoms. The minimum atomic E-state index is -0.577. The van der Waals surface area contributed by atoms with E-state index in [0.717, 1.165) is 49.2 Å². The van der Waals surface area contributed by atoms with Crippen molar-refractivity contribution in [2.45, 2.75) is 56.8 Å². The topological polar surface area (TPSA) is 73.8 Å². The van der Waals surface area contributed by atoms with Gasteiger partial charge in [0.25, 0.3) is 10.4 Å². The van der Waals surface area contributed by atoms with Crippen LogP contribution in [-0.2, 0) is 9.47 Å². The van der Waals surface area contributed by atoms with Gasteiger partial charge in [0.05, 0.1) is 6.61 Å². The third kappa shape index (κ3) is 4.34. The van der Waals surface area contributed by atoms with Gasteiger partial charge in [0.2, 0.25) is 5.16 Å². The quantitative estimate of drug-likeness (QED) is 0.765. The molecule has 0 radical (unpaired) electrons. The van der Waals surface area contributed by atoms with Gasteiger partial charge in [-0.2, -0.15) is 9.36 Å². The highest BCUT2D eigenvalue weighted by Crippen LogP contribution is 2.29. The molecule has 2 atom stereocenters. The highest BCUT2D eigenvalue weighted by atomic mass is 32.2. The zero-order valence-corrected chi connectivity index (χ0v) is 15.1. The predicted molar refractivity (Wildman–Crippen MR) is 87.0 cm³/mol. The average molecular weight is 359 g/mol. The number of nitrogens with zero attached hydrogens (tertiary/aromatic N) is 3. The summed E-state index contributed by atoms with van der Waals surface area (Å²) < 4.78 is 21.3. The van der Waals surface area contributed by atoms with Crippen LogP contribution in [0.15, 0.2) is 5.16 Å².